The number of anilines is 2. The topological polar surface area (TPSA) is 95.6 Å². The average molecular weight is 544 g/mol. The monoisotopic (exact) mass is 543 g/mol. The lowest BCUT2D eigenvalue weighted by molar-refractivity contribution is -0.114. The van der Waals surface area contributed by atoms with E-state index >= 15 is 0 Å². The van der Waals surface area contributed by atoms with Crippen molar-refractivity contribution in [3.63, 3.8) is 0 Å². The van der Waals surface area contributed by atoms with Gasteiger partial charge in [0, 0.05) is 11.0 Å². The molecular formula is C25H26BrN3O4S. The summed E-state index contributed by atoms with van der Waals surface area (Å²) in [6.45, 7) is 2.09. The molecule has 0 fully saturated rings. The van der Waals surface area contributed by atoms with Crippen LogP contribution in [0.4, 0.5) is 11.4 Å². The first-order valence-electron chi connectivity index (χ1n) is 10.8. The van der Waals surface area contributed by atoms with Crippen LogP contribution in [0, 0.1) is 0 Å². The molecule has 0 bridgehead atoms. The molecule has 2 amide bonds. The van der Waals surface area contributed by atoms with Gasteiger partial charge in [-0.05, 0) is 48.9 Å². The Hall–Kier alpha value is -3.17. The van der Waals surface area contributed by atoms with Crippen LogP contribution < -0.4 is 14.9 Å². The summed E-state index contributed by atoms with van der Waals surface area (Å²) in [6.07, 6.45) is 1.79. The molecule has 0 spiro atoms. The van der Waals surface area contributed by atoms with Crippen LogP contribution in [-0.4, -0.2) is 33.3 Å². The van der Waals surface area contributed by atoms with Crippen LogP contribution in [0.2, 0.25) is 0 Å². The first-order chi connectivity index (χ1) is 16.3. The molecule has 3 aromatic rings. The Morgan fingerprint density at radius 1 is 0.941 bits per heavy atom. The van der Waals surface area contributed by atoms with Gasteiger partial charge in [0.1, 0.15) is 6.54 Å². The van der Waals surface area contributed by atoms with Crippen LogP contribution in [0.3, 0.4) is 0 Å². The first kappa shape index (κ1) is 25.5. The molecule has 0 saturated carbocycles. The van der Waals surface area contributed by atoms with Crippen molar-refractivity contribution in [2.75, 3.05) is 22.7 Å². The zero-order valence-electron chi connectivity index (χ0n) is 18.7. The standard InChI is InChI=1S/C25H26BrN3O4S/c1-2-3-16-27-25(31)22-14-7-8-15-23(22)28-24(30)18-29(20-11-9-10-19(26)17-20)34(32,33)21-12-5-4-6-13-21/h4-15,17H,2-3,16,18H2,1H3,(H,27,31)(H,28,30). The van der Waals surface area contributed by atoms with Gasteiger partial charge in [0.2, 0.25) is 5.91 Å². The molecule has 0 aliphatic rings. The Kier molecular flexibility index (Phi) is 8.84. The third-order valence-electron chi connectivity index (χ3n) is 4.98. The van der Waals surface area contributed by atoms with E-state index in [1.165, 1.54) is 12.1 Å². The van der Waals surface area contributed by atoms with Gasteiger partial charge in [-0.15, -0.1) is 0 Å². The van der Waals surface area contributed by atoms with Crippen molar-refractivity contribution in [3.8, 4) is 0 Å². The minimum Gasteiger partial charge on any atom is -0.352 e. The maximum atomic E-state index is 13.4. The van der Waals surface area contributed by atoms with Gasteiger partial charge in [-0.1, -0.05) is 65.7 Å². The highest BCUT2D eigenvalue weighted by molar-refractivity contribution is 9.10. The van der Waals surface area contributed by atoms with Crippen LogP contribution in [0.15, 0.2) is 88.2 Å². The maximum absolute atomic E-state index is 13.4. The fourth-order valence-electron chi connectivity index (χ4n) is 3.25. The molecule has 3 rings (SSSR count). The minimum absolute atomic E-state index is 0.0680. The summed E-state index contributed by atoms with van der Waals surface area (Å²) in [7, 11) is -4.03. The molecular weight excluding hydrogens is 518 g/mol. The average Bonchev–Trinajstić information content (AvgIpc) is 2.83. The number of sulfonamides is 1. The Balaban J connectivity index is 1.87. The van der Waals surface area contributed by atoms with E-state index in [1.807, 2.05) is 6.92 Å². The second-order valence-electron chi connectivity index (χ2n) is 7.51. The van der Waals surface area contributed by atoms with E-state index in [1.54, 1.807) is 66.7 Å². The van der Waals surface area contributed by atoms with Gasteiger partial charge in [0.25, 0.3) is 15.9 Å². The second-order valence-corrected chi connectivity index (χ2v) is 10.3. The Bertz CT molecular complexity index is 1250. The molecule has 0 atom stereocenters. The normalized spacial score (nSPS) is 11.0. The largest absolute Gasteiger partial charge is 0.352 e. The summed E-state index contributed by atoms with van der Waals surface area (Å²) >= 11 is 3.36. The smallest absolute Gasteiger partial charge is 0.264 e. The lowest BCUT2D eigenvalue weighted by Gasteiger charge is -2.24. The Morgan fingerprint density at radius 2 is 1.65 bits per heavy atom. The number of rotatable bonds is 10. The molecule has 0 aliphatic heterocycles. The minimum atomic E-state index is -4.03. The highest BCUT2D eigenvalue weighted by Crippen LogP contribution is 2.26. The van der Waals surface area contributed by atoms with Gasteiger partial charge >= 0.3 is 0 Å². The molecule has 34 heavy (non-hydrogen) atoms. The number of nitrogens with zero attached hydrogens (tertiary/aromatic N) is 1. The van der Waals surface area contributed by atoms with E-state index in [4.69, 9.17) is 0 Å². The van der Waals surface area contributed by atoms with Crippen LogP contribution in [0.1, 0.15) is 30.1 Å². The third-order valence-corrected chi connectivity index (χ3v) is 7.26. The molecule has 0 saturated heterocycles. The van der Waals surface area contributed by atoms with Crippen LogP contribution >= 0.6 is 15.9 Å². The van der Waals surface area contributed by atoms with Crippen molar-refractivity contribution in [1.29, 1.82) is 0 Å². The van der Waals surface area contributed by atoms with Crippen molar-refractivity contribution in [1.82, 2.24) is 5.32 Å². The predicted molar refractivity (Wildman–Crippen MR) is 137 cm³/mol. The molecule has 3 aromatic carbocycles. The number of unbranched alkanes of at least 4 members (excludes halogenated alkanes) is 1. The molecule has 0 radical (unpaired) electrons. The fourth-order valence-corrected chi connectivity index (χ4v) is 5.07. The molecule has 9 heteroatoms. The van der Waals surface area contributed by atoms with E-state index in [0.29, 0.717) is 28.0 Å². The number of nitrogens with one attached hydrogen (secondary N) is 2. The number of para-hydroxylation sites is 1. The maximum Gasteiger partial charge on any atom is 0.264 e. The summed E-state index contributed by atoms with van der Waals surface area (Å²) in [5.41, 5.74) is 0.957. The van der Waals surface area contributed by atoms with Gasteiger partial charge in [-0.2, -0.15) is 0 Å². The second kappa shape index (κ2) is 11.8. The fraction of sp³-hybridized carbons (Fsp3) is 0.200. The lowest BCUT2D eigenvalue weighted by atomic mass is 10.1. The highest BCUT2D eigenvalue weighted by Gasteiger charge is 2.27. The number of carbonyl (C=O) groups excluding carboxylic acids is 2. The molecule has 0 unspecified atom stereocenters. The van der Waals surface area contributed by atoms with E-state index in [-0.39, 0.29) is 10.8 Å². The van der Waals surface area contributed by atoms with Gasteiger partial charge < -0.3 is 10.6 Å². The number of carbonyl (C=O) groups is 2. The number of amides is 2. The molecule has 0 aliphatic carbocycles. The van der Waals surface area contributed by atoms with Crippen molar-refractivity contribution in [3.05, 3.63) is 88.9 Å². The zero-order valence-corrected chi connectivity index (χ0v) is 21.1. The Morgan fingerprint density at radius 3 is 2.35 bits per heavy atom. The van der Waals surface area contributed by atoms with Gasteiger partial charge in [-0.3, -0.25) is 13.9 Å². The van der Waals surface area contributed by atoms with Crippen LogP contribution in [0.25, 0.3) is 0 Å². The lowest BCUT2D eigenvalue weighted by Crippen LogP contribution is -2.38. The van der Waals surface area contributed by atoms with Crippen LogP contribution in [-0.2, 0) is 14.8 Å². The summed E-state index contributed by atoms with van der Waals surface area (Å²) < 4.78 is 28.6. The number of hydrogen-bond donors (Lipinski definition) is 2. The van der Waals surface area contributed by atoms with E-state index < -0.39 is 22.5 Å². The van der Waals surface area contributed by atoms with Gasteiger partial charge in [0.05, 0.1) is 21.8 Å². The quantitative estimate of drug-likeness (QED) is 0.358. The SMILES string of the molecule is CCCCNC(=O)c1ccccc1NC(=O)CN(c1cccc(Br)c1)S(=O)(=O)c1ccccc1. The summed E-state index contributed by atoms with van der Waals surface area (Å²) in [6, 6.07) is 21.3. The zero-order chi connectivity index (χ0) is 24.6. The van der Waals surface area contributed by atoms with Crippen molar-refractivity contribution in [2.45, 2.75) is 24.7 Å². The molecule has 0 heterocycles. The summed E-state index contributed by atoms with van der Waals surface area (Å²) in [5.74, 6) is -0.876. The van der Waals surface area contributed by atoms with Gasteiger partial charge in [0.15, 0.2) is 0 Å². The van der Waals surface area contributed by atoms with E-state index in [9.17, 15) is 18.0 Å². The van der Waals surface area contributed by atoms with Crippen molar-refractivity contribution >= 4 is 49.1 Å². The Labute approximate surface area is 208 Å². The first-order valence-corrected chi connectivity index (χ1v) is 13.1. The van der Waals surface area contributed by atoms with Gasteiger partial charge in [-0.25, -0.2) is 8.42 Å². The van der Waals surface area contributed by atoms with E-state index in [2.05, 4.69) is 26.6 Å². The summed E-state index contributed by atoms with van der Waals surface area (Å²) in [5, 5.41) is 5.53. The predicted octanol–water partition coefficient (Wildman–Crippen LogP) is 4.81. The molecule has 7 nitrogen and oxygen atoms in total. The van der Waals surface area contributed by atoms with E-state index in [0.717, 1.165) is 17.1 Å². The number of halogens is 1. The molecule has 178 valence electrons. The summed E-state index contributed by atoms with van der Waals surface area (Å²) in [4.78, 5) is 25.7. The molecule has 2 N–H and O–H groups in total. The van der Waals surface area contributed by atoms with Crippen molar-refractivity contribution < 1.29 is 18.0 Å². The third kappa shape index (κ3) is 6.45. The number of hydrogen-bond acceptors (Lipinski definition) is 4. The number of benzene rings is 3. The van der Waals surface area contributed by atoms with Crippen molar-refractivity contribution in [2.24, 2.45) is 0 Å². The highest BCUT2D eigenvalue weighted by atomic mass is 79.9. The van der Waals surface area contributed by atoms with Crippen LogP contribution in [0.5, 0.6) is 0 Å². The molecule has 0 aromatic heterocycles.